The molecule has 0 aliphatic carbocycles. The van der Waals surface area contributed by atoms with Gasteiger partial charge in [0, 0.05) is 26.1 Å². The van der Waals surface area contributed by atoms with Gasteiger partial charge in [0.05, 0.1) is 13.0 Å². The van der Waals surface area contributed by atoms with Crippen LogP contribution in [0, 0.1) is 0 Å². The largest absolute Gasteiger partial charge is 0.481 e. The van der Waals surface area contributed by atoms with Crippen LogP contribution < -0.4 is 0 Å². The highest BCUT2D eigenvalue weighted by molar-refractivity contribution is 5.77. The van der Waals surface area contributed by atoms with Crippen LogP contribution in [0.3, 0.4) is 0 Å². The van der Waals surface area contributed by atoms with E-state index in [1.165, 1.54) is 0 Å². The summed E-state index contributed by atoms with van der Waals surface area (Å²) < 4.78 is 5.52. The number of rotatable bonds is 10. The molecule has 21 heavy (non-hydrogen) atoms. The molecule has 0 aliphatic rings. The number of hydrogen-bond donors (Lipinski definition) is 1. The second-order valence-corrected chi connectivity index (χ2v) is 4.76. The van der Waals surface area contributed by atoms with Crippen LogP contribution in [0.2, 0.25) is 0 Å². The Kier molecular flexibility index (Phi) is 8.12. The molecule has 0 heterocycles. The molecular weight excluding hydrogens is 270 g/mol. The maximum absolute atomic E-state index is 11.9. The van der Waals surface area contributed by atoms with E-state index in [-0.39, 0.29) is 18.9 Å². The summed E-state index contributed by atoms with van der Waals surface area (Å²) in [5, 5.41) is 8.64. The molecule has 5 nitrogen and oxygen atoms in total. The predicted molar refractivity (Wildman–Crippen MR) is 79.8 cm³/mol. The Morgan fingerprint density at radius 2 is 1.90 bits per heavy atom. The minimum Gasteiger partial charge on any atom is -0.481 e. The van der Waals surface area contributed by atoms with Gasteiger partial charge in [0.25, 0.3) is 0 Å². The average Bonchev–Trinajstić information content (AvgIpc) is 2.48. The van der Waals surface area contributed by atoms with E-state index in [9.17, 15) is 9.59 Å². The lowest BCUT2D eigenvalue weighted by molar-refractivity contribution is -0.138. The van der Waals surface area contributed by atoms with Gasteiger partial charge >= 0.3 is 5.97 Å². The van der Waals surface area contributed by atoms with Gasteiger partial charge in [-0.1, -0.05) is 30.3 Å². The zero-order chi connectivity index (χ0) is 15.5. The summed E-state index contributed by atoms with van der Waals surface area (Å²) in [5.41, 5.74) is 1.11. The molecule has 116 valence electrons. The lowest BCUT2D eigenvalue weighted by Gasteiger charge is -2.19. The molecule has 0 bridgehead atoms. The molecule has 1 rings (SSSR count). The summed E-state index contributed by atoms with van der Waals surface area (Å²) in [6.45, 7) is 3.74. The number of ether oxygens (including phenoxy) is 1. The molecule has 1 N–H and O–H groups in total. The van der Waals surface area contributed by atoms with Gasteiger partial charge in [-0.25, -0.2) is 0 Å². The molecule has 1 aromatic rings. The fraction of sp³-hybridized carbons (Fsp3) is 0.500. The third kappa shape index (κ3) is 7.46. The van der Waals surface area contributed by atoms with Crippen LogP contribution in [0.25, 0.3) is 0 Å². The zero-order valence-corrected chi connectivity index (χ0v) is 12.5. The molecule has 0 aromatic heterocycles. The van der Waals surface area contributed by atoms with Crippen molar-refractivity contribution in [2.75, 3.05) is 19.7 Å². The van der Waals surface area contributed by atoms with Crippen LogP contribution in [-0.4, -0.2) is 41.6 Å². The van der Waals surface area contributed by atoms with Crippen molar-refractivity contribution >= 4 is 11.9 Å². The fourth-order valence-corrected chi connectivity index (χ4v) is 1.94. The SMILES string of the molecule is CCN(CCC(=O)O)C(=O)CCCOCc1ccccc1. The van der Waals surface area contributed by atoms with Gasteiger partial charge in [-0.3, -0.25) is 9.59 Å². The number of carboxylic acids is 1. The topological polar surface area (TPSA) is 66.8 Å². The van der Waals surface area contributed by atoms with Crippen molar-refractivity contribution in [2.45, 2.75) is 32.8 Å². The van der Waals surface area contributed by atoms with E-state index < -0.39 is 5.97 Å². The van der Waals surface area contributed by atoms with Gasteiger partial charge < -0.3 is 14.7 Å². The third-order valence-corrected chi connectivity index (χ3v) is 3.12. The molecule has 0 aliphatic heterocycles. The fourth-order valence-electron chi connectivity index (χ4n) is 1.94. The molecule has 0 saturated heterocycles. The van der Waals surface area contributed by atoms with Gasteiger partial charge in [-0.15, -0.1) is 0 Å². The van der Waals surface area contributed by atoms with Gasteiger partial charge in [0.15, 0.2) is 0 Å². The Bertz CT molecular complexity index is 433. The minimum atomic E-state index is -0.882. The highest BCUT2D eigenvalue weighted by Crippen LogP contribution is 2.03. The van der Waals surface area contributed by atoms with Crippen molar-refractivity contribution in [1.29, 1.82) is 0 Å². The molecule has 0 radical (unpaired) electrons. The number of amides is 1. The van der Waals surface area contributed by atoms with Crippen molar-refractivity contribution < 1.29 is 19.4 Å². The number of carbonyl (C=O) groups is 2. The van der Waals surface area contributed by atoms with E-state index in [2.05, 4.69) is 0 Å². The summed E-state index contributed by atoms with van der Waals surface area (Å²) in [6.07, 6.45) is 1.03. The first-order valence-electron chi connectivity index (χ1n) is 7.24. The molecular formula is C16H23NO4. The van der Waals surface area contributed by atoms with Crippen molar-refractivity contribution in [3.05, 3.63) is 35.9 Å². The van der Waals surface area contributed by atoms with E-state index in [1.807, 2.05) is 37.3 Å². The highest BCUT2D eigenvalue weighted by atomic mass is 16.5. The number of hydrogen-bond acceptors (Lipinski definition) is 3. The monoisotopic (exact) mass is 293 g/mol. The standard InChI is InChI=1S/C16H23NO4/c1-2-17(11-10-16(19)20)15(18)9-6-12-21-13-14-7-4-3-5-8-14/h3-5,7-8H,2,6,9-13H2,1H3,(H,19,20). The maximum Gasteiger partial charge on any atom is 0.305 e. The van der Waals surface area contributed by atoms with Crippen LogP contribution >= 0.6 is 0 Å². The molecule has 0 saturated carbocycles. The van der Waals surface area contributed by atoms with Crippen molar-refractivity contribution in [3.8, 4) is 0 Å². The summed E-state index contributed by atoms with van der Waals surface area (Å²) in [6, 6.07) is 9.87. The van der Waals surface area contributed by atoms with Crippen LogP contribution in [0.4, 0.5) is 0 Å². The molecule has 0 fully saturated rings. The minimum absolute atomic E-state index is 0.00983. The normalized spacial score (nSPS) is 10.3. The number of nitrogens with zero attached hydrogens (tertiary/aromatic N) is 1. The van der Waals surface area contributed by atoms with Crippen molar-refractivity contribution in [3.63, 3.8) is 0 Å². The lowest BCUT2D eigenvalue weighted by Crippen LogP contribution is -2.32. The van der Waals surface area contributed by atoms with Crippen LogP contribution in [0.5, 0.6) is 0 Å². The number of carboxylic acid groups (broad SMARTS) is 1. The third-order valence-electron chi connectivity index (χ3n) is 3.12. The number of carbonyl (C=O) groups excluding carboxylic acids is 1. The van der Waals surface area contributed by atoms with Gasteiger partial charge in [-0.05, 0) is 18.9 Å². The molecule has 1 amide bonds. The summed E-state index contributed by atoms with van der Waals surface area (Å²) in [4.78, 5) is 24.0. The van der Waals surface area contributed by atoms with Crippen LogP contribution in [0.1, 0.15) is 31.7 Å². The van der Waals surface area contributed by atoms with E-state index >= 15 is 0 Å². The summed E-state index contributed by atoms with van der Waals surface area (Å²) in [7, 11) is 0. The van der Waals surface area contributed by atoms with Crippen molar-refractivity contribution in [2.24, 2.45) is 0 Å². The van der Waals surface area contributed by atoms with E-state index in [1.54, 1.807) is 4.90 Å². The zero-order valence-electron chi connectivity index (χ0n) is 12.5. The smallest absolute Gasteiger partial charge is 0.305 e. The Balaban J connectivity index is 2.15. The quantitative estimate of drug-likeness (QED) is 0.672. The Morgan fingerprint density at radius 3 is 2.52 bits per heavy atom. The Morgan fingerprint density at radius 1 is 1.19 bits per heavy atom. The second kappa shape index (κ2) is 9.94. The van der Waals surface area contributed by atoms with Gasteiger partial charge in [0.2, 0.25) is 5.91 Å². The molecule has 0 unspecified atom stereocenters. The summed E-state index contributed by atoms with van der Waals surface area (Å²) in [5.74, 6) is -0.894. The summed E-state index contributed by atoms with van der Waals surface area (Å²) >= 11 is 0. The van der Waals surface area contributed by atoms with E-state index in [0.717, 1.165) is 5.56 Å². The van der Waals surface area contributed by atoms with E-state index in [0.29, 0.717) is 32.6 Å². The molecule has 5 heteroatoms. The van der Waals surface area contributed by atoms with Crippen LogP contribution in [0.15, 0.2) is 30.3 Å². The first kappa shape index (κ1) is 17.2. The predicted octanol–water partition coefficient (Wildman–Crippen LogP) is 2.31. The molecule has 0 atom stereocenters. The molecule has 1 aromatic carbocycles. The Labute approximate surface area is 125 Å². The first-order chi connectivity index (χ1) is 10.1. The number of benzene rings is 1. The maximum atomic E-state index is 11.9. The van der Waals surface area contributed by atoms with Crippen LogP contribution in [-0.2, 0) is 20.9 Å². The lowest BCUT2D eigenvalue weighted by atomic mass is 10.2. The van der Waals surface area contributed by atoms with Crippen molar-refractivity contribution in [1.82, 2.24) is 4.90 Å². The van der Waals surface area contributed by atoms with Gasteiger partial charge in [0.1, 0.15) is 0 Å². The van der Waals surface area contributed by atoms with E-state index in [4.69, 9.17) is 9.84 Å². The Hall–Kier alpha value is -1.88. The average molecular weight is 293 g/mol. The van der Waals surface area contributed by atoms with Gasteiger partial charge in [-0.2, -0.15) is 0 Å². The molecule has 0 spiro atoms. The second-order valence-electron chi connectivity index (χ2n) is 4.76. The number of aliphatic carboxylic acids is 1. The highest BCUT2D eigenvalue weighted by Gasteiger charge is 2.12. The first-order valence-corrected chi connectivity index (χ1v) is 7.24.